The molecule has 0 heterocycles. The van der Waals surface area contributed by atoms with E-state index in [0.29, 0.717) is 12.8 Å². The number of benzene rings is 1. The molecule has 0 bridgehead atoms. The maximum Gasteiger partial charge on any atom is 0.328 e. The maximum absolute atomic E-state index is 12.5. The van der Waals surface area contributed by atoms with E-state index in [4.69, 9.17) is 10.8 Å². The second kappa shape index (κ2) is 10.6. The fourth-order valence-corrected chi connectivity index (χ4v) is 2.58. The highest BCUT2D eigenvalue weighted by atomic mass is 16.4. The quantitative estimate of drug-likeness (QED) is 0.388. The van der Waals surface area contributed by atoms with Gasteiger partial charge in [-0.1, -0.05) is 44.2 Å². The highest BCUT2D eigenvalue weighted by Gasteiger charge is 2.30. The van der Waals surface area contributed by atoms with Crippen LogP contribution in [-0.4, -0.2) is 52.2 Å². The van der Waals surface area contributed by atoms with Crippen LogP contribution in [0.2, 0.25) is 0 Å². The smallest absolute Gasteiger partial charge is 0.328 e. The molecule has 1 aromatic rings. The zero-order chi connectivity index (χ0) is 20.6. The minimum atomic E-state index is -1.46. The van der Waals surface area contributed by atoms with Crippen molar-refractivity contribution in [3.05, 3.63) is 35.9 Å². The third-order valence-electron chi connectivity index (χ3n) is 4.02. The first kappa shape index (κ1) is 22.6. The minimum absolute atomic E-state index is 0.0706. The monoisotopic (exact) mass is 379 g/mol. The molecule has 8 heteroatoms. The summed E-state index contributed by atoms with van der Waals surface area (Å²) in [6, 6.07) is 6.01. The third kappa shape index (κ3) is 7.76. The molecule has 8 nitrogen and oxygen atoms in total. The summed E-state index contributed by atoms with van der Waals surface area (Å²) < 4.78 is 0. The van der Waals surface area contributed by atoms with Gasteiger partial charge < -0.3 is 26.6 Å². The average molecular weight is 379 g/mol. The minimum Gasteiger partial charge on any atom is -0.480 e. The van der Waals surface area contributed by atoms with Crippen molar-refractivity contribution >= 4 is 17.8 Å². The second-order valence-corrected chi connectivity index (χ2v) is 7.05. The molecule has 1 aromatic carbocycles. The zero-order valence-corrected chi connectivity index (χ0v) is 15.9. The van der Waals surface area contributed by atoms with Gasteiger partial charge in [-0.2, -0.15) is 0 Å². The Hall–Kier alpha value is -2.45. The topological polar surface area (TPSA) is 142 Å². The first-order chi connectivity index (χ1) is 12.6. The summed E-state index contributed by atoms with van der Waals surface area (Å²) in [5, 5.41) is 23.5. The molecule has 0 radical (unpaired) electrons. The van der Waals surface area contributed by atoms with E-state index in [2.05, 4.69) is 10.6 Å². The number of aliphatic hydroxyl groups is 1. The number of carboxylic acids is 1. The van der Waals surface area contributed by atoms with Crippen molar-refractivity contribution in [2.75, 3.05) is 0 Å². The Morgan fingerprint density at radius 1 is 1.04 bits per heavy atom. The molecule has 4 unspecified atom stereocenters. The summed E-state index contributed by atoms with van der Waals surface area (Å²) in [5.41, 5.74) is 6.84. The fraction of sp³-hybridized carbons (Fsp3) is 0.526. The molecule has 0 aliphatic heterocycles. The predicted molar refractivity (Wildman–Crippen MR) is 101 cm³/mol. The molecule has 4 atom stereocenters. The van der Waals surface area contributed by atoms with E-state index in [1.807, 2.05) is 44.2 Å². The van der Waals surface area contributed by atoms with E-state index in [9.17, 15) is 19.5 Å². The lowest BCUT2D eigenvalue weighted by Crippen LogP contribution is -2.57. The Labute approximate surface area is 159 Å². The summed E-state index contributed by atoms with van der Waals surface area (Å²) in [7, 11) is 0. The van der Waals surface area contributed by atoms with E-state index in [1.54, 1.807) is 0 Å². The van der Waals surface area contributed by atoms with Crippen LogP contribution in [0.5, 0.6) is 0 Å². The van der Waals surface area contributed by atoms with Crippen LogP contribution in [0.25, 0.3) is 0 Å². The first-order valence-electron chi connectivity index (χ1n) is 8.93. The molecule has 6 N–H and O–H groups in total. The molecule has 1 rings (SSSR count). The molecule has 0 aliphatic rings. The van der Waals surface area contributed by atoms with Crippen LogP contribution >= 0.6 is 0 Å². The van der Waals surface area contributed by atoms with Crippen LogP contribution in [0, 0.1) is 5.92 Å². The SMILES string of the molecule is CC(C)CC(NC(=O)C(N)Cc1ccccc1)C(=O)NC(C(=O)O)C(C)O. The van der Waals surface area contributed by atoms with Crippen molar-refractivity contribution < 1.29 is 24.6 Å². The number of aliphatic hydroxyl groups excluding tert-OH is 1. The Balaban J connectivity index is 2.79. The Morgan fingerprint density at radius 3 is 2.11 bits per heavy atom. The van der Waals surface area contributed by atoms with Gasteiger partial charge in [-0.25, -0.2) is 4.79 Å². The van der Waals surface area contributed by atoms with Crippen LogP contribution < -0.4 is 16.4 Å². The lowest BCUT2D eigenvalue weighted by Gasteiger charge is -2.25. The van der Waals surface area contributed by atoms with Crippen LogP contribution in [-0.2, 0) is 20.8 Å². The Morgan fingerprint density at radius 2 is 1.63 bits per heavy atom. The molecule has 150 valence electrons. The summed E-state index contributed by atoms with van der Waals surface area (Å²) in [6.45, 7) is 5.02. The van der Waals surface area contributed by atoms with E-state index >= 15 is 0 Å². The van der Waals surface area contributed by atoms with Crippen molar-refractivity contribution in [2.45, 2.75) is 57.8 Å². The molecular weight excluding hydrogens is 350 g/mol. The van der Waals surface area contributed by atoms with Crippen molar-refractivity contribution in [2.24, 2.45) is 11.7 Å². The molecular formula is C19H29N3O5. The number of carbonyl (C=O) groups is 3. The third-order valence-corrected chi connectivity index (χ3v) is 4.02. The van der Waals surface area contributed by atoms with Crippen LogP contribution in [0.1, 0.15) is 32.8 Å². The molecule has 0 fully saturated rings. The molecule has 0 saturated carbocycles. The van der Waals surface area contributed by atoms with Crippen molar-refractivity contribution in [1.29, 1.82) is 0 Å². The van der Waals surface area contributed by atoms with Crippen LogP contribution in [0.15, 0.2) is 30.3 Å². The number of carboxylic acid groups (broad SMARTS) is 1. The Bertz CT molecular complexity index is 633. The van der Waals surface area contributed by atoms with E-state index in [1.165, 1.54) is 6.92 Å². The van der Waals surface area contributed by atoms with Crippen LogP contribution in [0.4, 0.5) is 0 Å². The standard InChI is InChI=1S/C19H29N3O5/c1-11(2)9-15(18(25)22-16(12(3)23)19(26)27)21-17(24)14(20)10-13-7-5-4-6-8-13/h4-8,11-12,14-16,23H,9-10,20H2,1-3H3,(H,21,24)(H,22,25)(H,26,27). The number of hydrogen-bond donors (Lipinski definition) is 5. The summed E-state index contributed by atoms with van der Waals surface area (Å²) >= 11 is 0. The van der Waals surface area contributed by atoms with Gasteiger partial charge in [0.25, 0.3) is 0 Å². The number of amides is 2. The van der Waals surface area contributed by atoms with Gasteiger partial charge in [0.15, 0.2) is 6.04 Å². The summed E-state index contributed by atoms with van der Waals surface area (Å²) in [5.74, 6) is -2.45. The van der Waals surface area contributed by atoms with Gasteiger partial charge in [-0.15, -0.1) is 0 Å². The summed E-state index contributed by atoms with van der Waals surface area (Å²) in [4.78, 5) is 36.1. The van der Waals surface area contributed by atoms with Gasteiger partial charge in [0, 0.05) is 0 Å². The second-order valence-electron chi connectivity index (χ2n) is 7.05. The molecule has 0 spiro atoms. The van der Waals surface area contributed by atoms with E-state index in [-0.39, 0.29) is 5.92 Å². The van der Waals surface area contributed by atoms with Gasteiger partial charge in [0.05, 0.1) is 12.1 Å². The lowest BCUT2D eigenvalue weighted by molar-refractivity contribution is -0.145. The molecule has 0 aromatic heterocycles. The van der Waals surface area contributed by atoms with Crippen molar-refractivity contribution in [3.63, 3.8) is 0 Å². The summed E-state index contributed by atoms with van der Waals surface area (Å²) in [6.07, 6.45) is -0.655. The molecule has 0 saturated heterocycles. The number of rotatable bonds is 10. The first-order valence-corrected chi connectivity index (χ1v) is 8.93. The fourth-order valence-electron chi connectivity index (χ4n) is 2.58. The largest absolute Gasteiger partial charge is 0.480 e. The number of hydrogen-bond acceptors (Lipinski definition) is 5. The highest BCUT2D eigenvalue weighted by molar-refractivity contribution is 5.92. The van der Waals surface area contributed by atoms with Crippen molar-refractivity contribution in [3.8, 4) is 0 Å². The number of nitrogens with two attached hydrogens (primary N) is 1. The Kier molecular flexibility index (Phi) is 8.90. The van der Waals surface area contributed by atoms with Crippen molar-refractivity contribution in [1.82, 2.24) is 10.6 Å². The molecule has 0 aliphatic carbocycles. The number of nitrogens with one attached hydrogen (secondary N) is 2. The number of aliphatic carboxylic acids is 1. The van der Waals surface area contributed by atoms with Gasteiger partial charge in [0.1, 0.15) is 6.04 Å². The van der Waals surface area contributed by atoms with E-state index < -0.39 is 42.0 Å². The zero-order valence-electron chi connectivity index (χ0n) is 15.9. The highest BCUT2D eigenvalue weighted by Crippen LogP contribution is 2.08. The average Bonchev–Trinajstić information content (AvgIpc) is 2.58. The van der Waals surface area contributed by atoms with Gasteiger partial charge in [-0.05, 0) is 31.2 Å². The molecule has 2 amide bonds. The maximum atomic E-state index is 12.5. The predicted octanol–water partition coefficient (Wildman–Crippen LogP) is 0.0375. The normalized spacial score (nSPS) is 15.5. The molecule has 27 heavy (non-hydrogen) atoms. The van der Waals surface area contributed by atoms with E-state index in [0.717, 1.165) is 5.56 Å². The van der Waals surface area contributed by atoms with Gasteiger partial charge in [0.2, 0.25) is 11.8 Å². The van der Waals surface area contributed by atoms with Gasteiger partial charge >= 0.3 is 5.97 Å². The van der Waals surface area contributed by atoms with Gasteiger partial charge in [-0.3, -0.25) is 9.59 Å². The lowest BCUT2D eigenvalue weighted by atomic mass is 10.0. The number of carbonyl (C=O) groups excluding carboxylic acids is 2. The van der Waals surface area contributed by atoms with Crippen LogP contribution in [0.3, 0.4) is 0 Å².